The average Bonchev–Trinajstić information content (AvgIpc) is 2.57. The number of nitrogens with one attached hydrogen (secondary N) is 1. The number of hydrogen-bond donors (Lipinski definition) is 1. The van der Waals surface area contributed by atoms with E-state index in [9.17, 15) is 22.0 Å². The normalized spacial score (nSPS) is 12.9. The molecule has 0 radical (unpaired) electrons. The van der Waals surface area contributed by atoms with Gasteiger partial charge in [0.25, 0.3) is 5.91 Å². The Morgan fingerprint density at radius 3 is 2.35 bits per heavy atom. The summed E-state index contributed by atoms with van der Waals surface area (Å²) in [5.41, 5.74) is 0.314. The van der Waals surface area contributed by atoms with Crippen molar-refractivity contribution >= 4 is 27.5 Å². The first-order valence-corrected chi connectivity index (χ1v) is 9.33. The van der Waals surface area contributed by atoms with Crippen molar-refractivity contribution in [3.63, 3.8) is 0 Å². The maximum Gasteiger partial charge on any atom is 0.253 e. The smallest absolute Gasteiger partial charge is 0.253 e. The number of nitrogens with zero attached hydrogens (tertiary/aromatic N) is 1. The van der Waals surface area contributed by atoms with Gasteiger partial charge in [-0.15, -0.1) is 0 Å². The van der Waals surface area contributed by atoms with Gasteiger partial charge >= 0.3 is 0 Å². The third kappa shape index (κ3) is 4.20. The van der Waals surface area contributed by atoms with Crippen LogP contribution in [0.3, 0.4) is 0 Å². The van der Waals surface area contributed by atoms with Crippen LogP contribution in [-0.2, 0) is 10.0 Å². The predicted molar refractivity (Wildman–Crippen MR) is 94.6 cm³/mol. The zero-order valence-corrected chi connectivity index (χ0v) is 15.8. The molecule has 0 saturated carbocycles. The van der Waals surface area contributed by atoms with Crippen LogP contribution >= 0.6 is 11.6 Å². The number of sulfonamides is 1. The van der Waals surface area contributed by atoms with Crippen LogP contribution in [0.1, 0.15) is 28.9 Å². The van der Waals surface area contributed by atoms with Gasteiger partial charge in [-0.2, -0.15) is 0 Å². The summed E-state index contributed by atoms with van der Waals surface area (Å²) < 4.78 is 51.8. The summed E-state index contributed by atoms with van der Waals surface area (Å²) in [7, 11) is -0.997. The second kappa shape index (κ2) is 7.69. The maximum absolute atomic E-state index is 13.3. The van der Waals surface area contributed by atoms with E-state index in [-0.39, 0.29) is 15.5 Å². The van der Waals surface area contributed by atoms with Crippen LogP contribution in [0.4, 0.5) is 8.78 Å². The van der Waals surface area contributed by atoms with E-state index in [0.717, 1.165) is 16.4 Å². The maximum atomic E-state index is 13.3. The second-order valence-electron chi connectivity index (χ2n) is 5.80. The summed E-state index contributed by atoms with van der Waals surface area (Å²) in [5, 5.41) is 2.65. The first kappa shape index (κ1) is 20.3. The van der Waals surface area contributed by atoms with Crippen molar-refractivity contribution in [3.05, 3.63) is 64.2 Å². The molecule has 0 aliphatic heterocycles. The number of carbonyl (C=O) groups is 1. The molecular weight excluding hydrogens is 386 g/mol. The van der Waals surface area contributed by atoms with Crippen LogP contribution in [0.5, 0.6) is 0 Å². The van der Waals surface area contributed by atoms with Crippen molar-refractivity contribution in [2.24, 2.45) is 0 Å². The molecule has 0 unspecified atom stereocenters. The first-order valence-electron chi connectivity index (χ1n) is 7.52. The van der Waals surface area contributed by atoms with E-state index in [1.165, 1.54) is 38.4 Å². The lowest BCUT2D eigenvalue weighted by atomic mass is 10.1. The predicted octanol–water partition coefficient (Wildman–Crippen LogP) is 3.36. The van der Waals surface area contributed by atoms with Gasteiger partial charge in [0.15, 0.2) is 11.6 Å². The Kier molecular flexibility index (Phi) is 6.00. The van der Waals surface area contributed by atoms with Crippen molar-refractivity contribution in [2.75, 3.05) is 14.1 Å². The van der Waals surface area contributed by atoms with Crippen LogP contribution in [0.2, 0.25) is 5.02 Å². The minimum Gasteiger partial charge on any atom is -0.345 e. The van der Waals surface area contributed by atoms with Gasteiger partial charge in [0.2, 0.25) is 10.0 Å². The van der Waals surface area contributed by atoms with E-state index in [2.05, 4.69) is 5.32 Å². The second-order valence-corrected chi connectivity index (χ2v) is 8.36. The molecule has 2 aromatic rings. The van der Waals surface area contributed by atoms with Gasteiger partial charge in [0.05, 0.1) is 21.5 Å². The summed E-state index contributed by atoms with van der Waals surface area (Å²) in [6, 6.07) is 6.42. The number of hydrogen-bond acceptors (Lipinski definition) is 3. The quantitative estimate of drug-likeness (QED) is 0.833. The fourth-order valence-electron chi connectivity index (χ4n) is 2.19. The van der Waals surface area contributed by atoms with E-state index < -0.39 is 33.6 Å². The molecule has 0 spiro atoms. The van der Waals surface area contributed by atoms with Crippen LogP contribution in [-0.4, -0.2) is 32.7 Å². The van der Waals surface area contributed by atoms with Crippen LogP contribution in [0.25, 0.3) is 0 Å². The molecule has 0 aliphatic carbocycles. The zero-order valence-electron chi connectivity index (χ0n) is 14.3. The SMILES string of the molecule is C[C@@H](NC(=O)c1cc(S(=O)(=O)N(C)C)ccc1Cl)c1ccc(F)c(F)c1. The Morgan fingerprint density at radius 2 is 1.77 bits per heavy atom. The monoisotopic (exact) mass is 402 g/mol. The average molecular weight is 403 g/mol. The van der Waals surface area contributed by atoms with Gasteiger partial charge < -0.3 is 5.32 Å². The van der Waals surface area contributed by atoms with Crippen LogP contribution in [0.15, 0.2) is 41.3 Å². The molecule has 0 bridgehead atoms. The molecule has 2 rings (SSSR count). The molecule has 140 valence electrons. The third-order valence-corrected chi connectivity index (χ3v) is 5.89. The minimum atomic E-state index is -3.74. The summed E-state index contributed by atoms with van der Waals surface area (Å²) in [6.07, 6.45) is 0. The van der Waals surface area contributed by atoms with E-state index >= 15 is 0 Å². The van der Waals surface area contributed by atoms with Gasteiger partial charge in [-0.25, -0.2) is 21.5 Å². The number of benzene rings is 2. The molecule has 1 atom stereocenters. The number of carbonyl (C=O) groups excluding carboxylic acids is 1. The van der Waals surface area contributed by atoms with Gasteiger partial charge in [-0.05, 0) is 42.8 Å². The Bertz CT molecular complexity index is 949. The molecule has 0 aromatic heterocycles. The van der Waals surface area contributed by atoms with Gasteiger partial charge in [-0.1, -0.05) is 17.7 Å². The largest absolute Gasteiger partial charge is 0.345 e. The molecule has 2 aromatic carbocycles. The van der Waals surface area contributed by atoms with E-state index in [0.29, 0.717) is 5.56 Å². The first-order chi connectivity index (χ1) is 12.0. The van der Waals surface area contributed by atoms with E-state index in [1.54, 1.807) is 6.92 Å². The summed E-state index contributed by atoms with van der Waals surface area (Å²) in [4.78, 5) is 12.4. The van der Waals surface area contributed by atoms with Crippen molar-refractivity contribution in [1.82, 2.24) is 9.62 Å². The lowest BCUT2D eigenvalue weighted by molar-refractivity contribution is 0.0939. The molecule has 26 heavy (non-hydrogen) atoms. The molecule has 0 aliphatic rings. The van der Waals surface area contributed by atoms with E-state index in [4.69, 9.17) is 11.6 Å². The number of amides is 1. The third-order valence-electron chi connectivity index (χ3n) is 3.75. The van der Waals surface area contributed by atoms with E-state index in [1.807, 2.05) is 0 Å². The molecule has 5 nitrogen and oxygen atoms in total. The summed E-state index contributed by atoms with van der Waals surface area (Å²) in [5.74, 6) is -2.65. The molecule has 0 heterocycles. The lowest BCUT2D eigenvalue weighted by Crippen LogP contribution is -2.28. The number of halogens is 3. The standard InChI is InChI=1S/C17H17ClF2N2O3S/c1-10(11-4-7-15(19)16(20)8-11)21-17(23)13-9-12(5-6-14(13)18)26(24,25)22(2)3/h4-10H,1-3H3,(H,21,23)/t10-/m1/s1. The molecule has 1 N–H and O–H groups in total. The molecule has 9 heteroatoms. The summed E-state index contributed by atoms with van der Waals surface area (Å²) >= 11 is 6.02. The highest BCUT2D eigenvalue weighted by Gasteiger charge is 2.22. The zero-order chi connectivity index (χ0) is 19.6. The van der Waals surface area contributed by atoms with Gasteiger partial charge in [0, 0.05) is 14.1 Å². The Hall–Kier alpha value is -2.03. The highest BCUT2D eigenvalue weighted by Crippen LogP contribution is 2.23. The van der Waals surface area contributed by atoms with Crippen molar-refractivity contribution in [2.45, 2.75) is 17.9 Å². The minimum absolute atomic E-state index is 0.0379. The molecule has 0 fully saturated rings. The van der Waals surface area contributed by atoms with Crippen LogP contribution < -0.4 is 5.32 Å². The lowest BCUT2D eigenvalue weighted by Gasteiger charge is -2.16. The van der Waals surface area contributed by atoms with Crippen molar-refractivity contribution < 1.29 is 22.0 Å². The molecule has 1 amide bonds. The Balaban J connectivity index is 2.30. The fourth-order valence-corrected chi connectivity index (χ4v) is 3.32. The van der Waals surface area contributed by atoms with Gasteiger partial charge in [0.1, 0.15) is 0 Å². The fraction of sp³-hybridized carbons (Fsp3) is 0.235. The highest BCUT2D eigenvalue weighted by atomic mass is 35.5. The number of rotatable bonds is 5. The van der Waals surface area contributed by atoms with Crippen LogP contribution in [0, 0.1) is 11.6 Å². The van der Waals surface area contributed by atoms with Crippen molar-refractivity contribution in [1.29, 1.82) is 0 Å². The van der Waals surface area contributed by atoms with Gasteiger partial charge in [-0.3, -0.25) is 4.79 Å². The summed E-state index contributed by atoms with van der Waals surface area (Å²) in [6.45, 7) is 1.58. The van der Waals surface area contributed by atoms with Crippen molar-refractivity contribution in [3.8, 4) is 0 Å². The molecule has 0 saturated heterocycles. The Morgan fingerprint density at radius 1 is 1.12 bits per heavy atom. The highest BCUT2D eigenvalue weighted by molar-refractivity contribution is 7.89. The topological polar surface area (TPSA) is 66.5 Å². The molecular formula is C17H17ClF2N2O3S. The Labute approximate surface area is 155 Å².